The molecule has 2 aromatic rings. The zero-order chi connectivity index (χ0) is 21.9. The van der Waals surface area contributed by atoms with Crippen LogP contribution in [-0.4, -0.2) is 11.7 Å². The van der Waals surface area contributed by atoms with Gasteiger partial charge < -0.3 is 15.8 Å². The van der Waals surface area contributed by atoms with E-state index in [1.54, 1.807) is 6.07 Å². The zero-order valence-corrected chi connectivity index (χ0v) is 18.2. The average molecular weight is 476 g/mol. The van der Waals surface area contributed by atoms with Crippen molar-refractivity contribution in [1.29, 1.82) is 5.26 Å². The molecule has 0 aromatic heterocycles. The largest absolute Gasteiger partial charge is 0.444 e. The summed E-state index contributed by atoms with van der Waals surface area (Å²) in [5.74, 6) is -0.520. The van der Waals surface area contributed by atoms with E-state index in [0.717, 1.165) is 15.6 Å². The number of nitrogens with two attached hydrogens (primary N) is 1. The summed E-state index contributed by atoms with van der Waals surface area (Å²) in [6.07, 6.45) is 0.648. The minimum Gasteiger partial charge on any atom is -0.444 e. The number of ketones is 1. The lowest BCUT2D eigenvalue weighted by Crippen LogP contribution is -2.47. The molecular weight excluding hydrogens is 458 g/mol. The first-order valence-electron chi connectivity index (χ1n) is 9.90. The standard InChI is InChI=1S/C24H18BrN3O3/c1-12-7-15-18(10-17(12)25)28-23(30)24(15)16(11-26)22(27)31-20-9-14(8-19(29)21(20)24)13-5-3-2-4-6-13/h2-7,10,14H,8-9,27H2,1H3,(H,28,30)/t14-,24+/m1/s1. The molecule has 7 heteroatoms. The van der Waals surface area contributed by atoms with Crippen molar-refractivity contribution < 1.29 is 14.3 Å². The van der Waals surface area contributed by atoms with Gasteiger partial charge in [0.2, 0.25) is 11.8 Å². The van der Waals surface area contributed by atoms with Crippen LogP contribution < -0.4 is 11.1 Å². The van der Waals surface area contributed by atoms with Crippen LogP contribution in [0.3, 0.4) is 0 Å². The molecule has 3 aliphatic rings. The topological polar surface area (TPSA) is 105 Å². The van der Waals surface area contributed by atoms with Crippen molar-refractivity contribution in [3.63, 3.8) is 0 Å². The lowest BCUT2D eigenvalue weighted by atomic mass is 9.63. The maximum Gasteiger partial charge on any atom is 0.245 e. The summed E-state index contributed by atoms with van der Waals surface area (Å²) in [5, 5.41) is 12.8. The Morgan fingerprint density at radius 3 is 2.68 bits per heavy atom. The van der Waals surface area contributed by atoms with Gasteiger partial charge in [-0.3, -0.25) is 9.59 Å². The van der Waals surface area contributed by atoms with Crippen LogP contribution >= 0.6 is 15.9 Å². The van der Waals surface area contributed by atoms with Gasteiger partial charge in [-0.2, -0.15) is 5.26 Å². The van der Waals surface area contributed by atoms with E-state index in [2.05, 4.69) is 27.3 Å². The van der Waals surface area contributed by atoms with Crippen molar-refractivity contribution in [1.82, 2.24) is 0 Å². The molecule has 0 fully saturated rings. The van der Waals surface area contributed by atoms with E-state index in [1.807, 2.05) is 43.3 Å². The van der Waals surface area contributed by atoms with Crippen LogP contribution in [0, 0.1) is 18.3 Å². The molecule has 154 valence electrons. The van der Waals surface area contributed by atoms with Crippen molar-refractivity contribution in [3.8, 4) is 6.07 Å². The number of anilines is 1. The van der Waals surface area contributed by atoms with Crippen LogP contribution in [-0.2, 0) is 19.7 Å². The number of allylic oxidation sites excluding steroid dienone is 1. The number of aryl methyl sites for hydroxylation is 1. The van der Waals surface area contributed by atoms with Crippen LogP contribution in [0.2, 0.25) is 0 Å². The highest BCUT2D eigenvalue weighted by atomic mass is 79.9. The van der Waals surface area contributed by atoms with Gasteiger partial charge in [0.05, 0.1) is 5.57 Å². The van der Waals surface area contributed by atoms with Crippen LogP contribution in [0.1, 0.15) is 35.4 Å². The van der Waals surface area contributed by atoms with Crippen molar-refractivity contribution >= 4 is 33.3 Å². The molecule has 2 heterocycles. The van der Waals surface area contributed by atoms with E-state index in [0.29, 0.717) is 23.4 Å². The number of carbonyl (C=O) groups is 2. The zero-order valence-electron chi connectivity index (χ0n) is 16.7. The molecular formula is C24H18BrN3O3. The Bertz CT molecular complexity index is 1270. The number of nitrogens with zero attached hydrogens (tertiary/aromatic N) is 1. The molecule has 2 atom stereocenters. The summed E-state index contributed by atoms with van der Waals surface area (Å²) in [7, 11) is 0. The fourth-order valence-electron chi connectivity index (χ4n) is 4.91. The Hall–Kier alpha value is -3.37. The maximum absolute atomic E-state index is 13.5. The number of halogens is 1. The van der Waals surface area contributed by atoms with Gasteiger partial charge in [-0.25, -0.2) is 0 Å². The second kappa shape index (κ2) is 6.82. The van der Waals surface area contributed by atoms with Gasteiger partial charge >= 0.3 is 0 Å². The quantitative estimate of drug-likeness (QED) is 0.646. The molecule has 0 bridgehead atoms. The van der Waals surface area contributed by atoms with E-state index < -0.39 is 11.3 Å². The van der Waals surface area contributed by atoms with E-state index in [9.17, 15) is 14.9 Å². The molecule has 0 unspecified atom stereocenters. The minimum absolute atomic E-state index is 0.0456. The summed E-state index contributed by atoms with van der Waals surface area (Å²) in [6.45, 7) is 1.89. The first-order valence-corrected chi connectivity index (χ1v) is 10.7. The second-order valence-corrected chi connectivity index (χ2v) is 8.90. The molecule has 2 aliphatic heterocycles. The summed E-state index contributed by atoms with van der Waals surface area (Å²) in [6, 6.07) is 15.4. The molecule has 5 rings (SSSR count). The highest BCUT2D eigenvalue weighted by Gasteiger charge is 2.60. The van der Waals surface area contributed by atoms with Gasteiger partial charge in [0, 0.05) is 28.6 Å². The third-order valence-corrected chi connectivity index (χ3v) is 7.18. The smallest absolute Gasteiger partial charge is 0.245 e. The fourth-order valence-corrected chi connectivity index (χ4v) is 5.26. The molecule has 0 saturated carbocycles. The Morgan fingerprint density at radius 2 is 1.97 bits per heavy atom. The number of ether oxygens (including phenoxy) is 1. The van der Waals surface area contributed by atoms with Crippen molar-refractivity contribution in [2.75, 3.05) is 5.32 Å². The third kappa shape index (κ3) is 2.61. The normalized spacial score (nSPS) is 24.5. The molecule has 3 N–H and O–H groups in total. The Kier molecular flexibility index (Phi) is 4.31. The maximum atomic E-state index is 13.5. The van der Waals surface area contributed by atoms with Gasteiger partial charge in [0.1, 0.15) is 22.8 Å². The summed E-state index contributed by atoms with van der Waals surface area (Å²) in [4.78, 5) is 27.0. The monoisotopic (exact) mass is 475 g/mol. The van der Waals surface area contributed by atoms with Gasteiger partial charge in [0.15, 0.2) is 5.78 Å². The molecule has 31 heavy (non-hydrogen) atoms. The van der Waals surface area contributed by atoms with E-state index in [4.69, 9.17) is 10.5 Å². The predicted molar refractivity (Wildman–Crippen MR) is 118 cm³/mol. The molecule has 0 radical (unpaired) electrons. The molecule has 6 nitrogen and oxygen atoms in total. The van der Waals surface area contributed by atoms with E-state index in [-0.39, 0.29) is 35.2 Å². The SMILES string of the molecule is Cc1cc2c(cc1Br)NC(=O)[C@]21C(C#N)=C(N)OC2=C1C(=O)C[C@@H](c1ccccc1)C2. The summed E-state index contributed by atoms with van der Waals surface area (Å²) in [5.41, 5.74) is 7.76. The van der Waals surface area contributed by atoms with E-state index >= 15 is 0 Å². The lowest BCUT2D eigenvalue weighted by Gasteiger charge is -2.39. The first kappa shape index (κ1) is 19.6. The predicted octanol–water partition coefficient (Wildman–Crippen LogP) is 4.07. The number of fused-ring (bicyclic) bond motifs is 3. The molecule has 1 aliphatic carbocycles. The third-order valence-electron chi connectivity index (χ3n) is 6.33. The Morgan fingerprint density at radius 1 is 1.23 bits per heavy atom. The summed E-state index contributed by atoms with van der Waals surface area (Å²) < 4.78 is 6.64. The van der Waals surface area contributed by atoms with Crippen LogP contribution in [0.4, 0.5) is 5.69 Å². The van der Waals surface area contributed by atoms with Crippen LogP contribution in [0.25, 0.3) is 0 Å². The first-order chi connectivity index (χ1) is 14.9. The number of hydrogen-bond acceptors (Lipinski definition) is 5. The number of rotatable bonds is 1. The molecule has 1 spiro atoms. The average Bonchev–Trinajstić information content (AvgIpc) is 3.00. The van der Waals surface area contributed by atoms with Crippen LogP contribution in [0.15, 0.2) is 69.7 Å². The number of benzene rings is 2. The number of amides is 1. The van der Waals surface area contributed by atoms with Crippen molar-refractivity contribution in [2.24, 2.45) is 5.73 Å². The lowest BCUT2D eigenvalue weighted by molar-refractivity contribution is -0.123. The van der Waals surface area contributed by atoms with Gasteiger partial charge in [-0.1, -0.05) is 52.3 Å². The second-order valence-electron chi connectivity index (χ2n) is 8.04. The van der Waals surface area contributed by atoms with E-state index in [1.165, 1.54) is 0 Å². The van der Waals surface area contributed by atoms with Crippen LogP contribution in [0.5, 0.6) is 0 Å². The number of hydrogen-bond donors (Lipinski definition) is 2. The summed E-state index contributed by atoms with van der Waals surface area (Å²) >= 11 is 3.48. The molecule has 2 aromatic carbocycles. The molecule has 1 amide bonds. The minimum atomic E-state index is -1.59. The number of nitriles is 1. The Balaban J connectivity index is 1.76. The highest BCUT2D eigenvalue weighted by molar-refractivity contribution is 9.10. The van der Waals surface area contributed by atoms with Gasteiger partial charge in [-0.05, 0) is 30.0 Å². The number of carbonyl (C=O) groups excluding carboxylic acids is 2. The van der Waals surface area contributed by atoms with Crippen molar-refractivity contribution in [2.45, 2.75) is 31.1 Å². The van der Waals surface area contributed by atoms with Gasteiger partial charge in [-0.15, -0.1) is 0 Å². The molecule has 0 saturated heterocycles. The van der Waals surface area contributed by atoms with Crippen molar-refractivity contribution in [3.05, 3.63) is 86.4 Å². The number of nitrogens with one attached hydrogen (secondary N) is 1. The Labute approximate surface area is 187 Å². The fraction of sp³-hybridized carbons (Fsp3) is 0.208. The van der Waals surface area contributed by atoms with Gasteiger partial charge in [0.25, 0.3) is 0 Å². The highest BCUT2D eigenvalue weighted by Crippen LogP contribution is 2.55. The number of Topliss-reactive ketones (excluding diaryl/α,β-unsaturated/α-hetero) is 1.